The molecule has 1 atom stereocenters. The van der Waals surface area contributed by atoms with E-state index in [-0.39, 0.29) is 18.1 Å². The molecule has 13 heavy (non-hydrogen) atoms. The molecule has 0 heterocycles. The van der Waals surface area contributed by atoms with Gasteiger partial charge in [0.05, 0.1) is 12.7 Å². The molecular weight excluding hydrogens is 166 g/mol. The van der Waals surface area contributed by atoms with Gasteiger partial charge in [-0.1, -0.05) is 20.8 Å². The molecular formula is C10H23NO2. The molecule has 0 aromatic carbocycles. The molecule has 2 N–H and O–H groups in total. The number of nitrogens with zero attached hydrogens (tertiary/aromatic N) is 1. The Hall–Kier alpha value is -0.120. The Kier molecular flexibility index (Phi) is 5.53. The molecule has 0 aromatic rings. The molecule has 0 aromatic heterocycles. The minimum absolute atomic E-state index is 0.0416. The van der Waals surface area contributed by atoms with Crippen LogP contribution in [-0.4, -0.2) is 48.0 Å². The number of aliphatic hydroxyl groups excluding tert-OH is 2. The molecule has 0 aliphatic rings. The first-order valence-electron chi connectivity index (χ1n) is 4.85. The molecule has 0 aliphatic heterocycles. The maximum Gasteiger partial charge on any atom is 0.0600 e. The SMILES string of the molecule is CN(CCO)CCC(O)C(C)(C)C. The van der Waals surface area contributed by atoms with E-state index in [1.165, 1.54) is 0 Å². The topological polar surface area (TPSA) is 43.7 Å². The van der Waals surface area contributed by atoms with Crippen LogP contribution >= 0.6 is 0 Å². The maximum absolute atomic E-state index is 9.71. The Balaban J connectivity index is 3.63. The van der Waals surface area contributed by atoms with Crippen LogP contribution in [0.2, 0.25) is 0 Å². The van der Waals surface area contributed by atoms with E-state index < -0.39 is 0 Å². The summed E-state index contributed by atoms with van der Waals surface area (Å²) in [6.07, 6.45) is 0.494. The normalized spacial score (nSPS) is 15.0. The lowest BCUT2D eigenvalue weighted by molar-refractivity contribution is 0.0466. The van der Waals surface area contributed by atoms with Crippen LogP contribution in [0.3, 0.4) is 0 Å². The molecule has 0 saturated carbocycles. The zero-order valence-electron chi connectivity index (χ0n) is 9.25. The second kappa shape index (κ2) is 5.58. The molecule has 0 saturated heterocycles. The fraction of sp³-hybridized carbons (Fsp3) is 1.00. The summed E-state index contributed by atoms with van der Waals surface area (Å²) >= 11 is 0. The molecule has 0 radical (unpaired) electrons. The molecule has 0 amide bonds. The standard InChI is InChI=1S/C10H23NO2/c1-10(2,3)9(13)5-6-11(4)7-8-12/h9,12-13H,5-8H2,1-4H3. The van der Waals surface area contributed by atoms with Crippen LogP contribution in [0.15, 0.2) is 0 Å². The average molecular weight is 189 g/mol. The van der Waals surface area contributed by atoms with Crippen molar-refractivity contribution in [3.8, 4) is 0 Å². The average Bonchev–Trinajstić information content (AvgIpc) is 1.99. The second-order valence-corrected chi connectivity index (χ2v) is 4.70. The van der Waals surface area contributed by atoms with Gasteiger partial charge in [-0.05, 0) is 18.9 Å². The Morgan fingerprint density at radius 1 is 1.23 bits per heavy atom. The third-order valence-corrected chi connectivity index (χ3v) is 2.27. The van der Waals surface area contributed by atoms with E-state index in [1.54, 1.807) is 0 Å². The number of hydrogen-bond acceptors (Lipinski definition) is 3. The molecule has 1 unspecified atom stereocenters. The van der Waals surface area contributed by atoms with Crippen LogP contribution in [0.25, 0.3) is 0 Å². The predicted molar refractivity (Wildman–Crippen MR) is 54.7 cm³/mol. The Labute approximate surface area is 81.4 Å². The summed E-state index contributed by atoms with van der Waals surface area (Å²) in [4.78, 5) is 2.02. The summed E-state index contributed by atoms with van der Waals surface area (Å²) in [5.74, 6) is 0. The summed E-state index contributed by atoms with van der Waals surface area (Å²) in [5, 5.41) is 18.4. The number of likely N-dealkylation sites (N-methyl/N-ethyl adjacent to an activating group) is 1. The summed E-state index contributed by atoms with van der Waals surface area (Å²) in [6, 6.07) is 0. The van der Waals surface area contributed by atoms with Gasteiger partial charge >= 0.3 is 0 Å². The predicted octanol–water partition coefficient (Wildman–Crippen LogP) is 0.708. The highest BCUT2D eigenvalue weighted by Gasteiger charge is 2.21. The fourth-order valence-corrected chi connectivity index (χ4v) is 1.06. The van der Waals surface area contributed by atoms with E-state index in [9.17, 15) is 5.11 Å². The lowest BCUT2D eigenvalue weighted by atomic mass is 9.87. The largest absolute Gasteiger partial charge is 0.395 e. The van der Waals surface area contributed by atoms with Gasteiger partial charge in [0.1, 0.15) is 0 Å². The third-order valence-electron chi connectivity index (χ3n) is 2.27. The first-order valence-corrected chi connectivity index (χ1v) is 4.85. The zero-order chi connectivity index (χ0) is 10.5. The summed E-state index contributed by atoms with van der Waals surface area (Å²) in [5.41, 5.74) is -0.0416. The summed E-state index contributed by atoms with van der Waals surface area (Å²) in [7, 11) is 1.95. The van der Waals surface area contributed by atoms with E-state index in [2.05, 4.69) is 0 Å². The maximum atomic E-state index is 9.71. The highest BCUT2D eigenvalue weighted by Crippen LogP contribution is 2.21. The molecule has 0 bridgehead atoms. The quantitative estimate of drug-likeness (QED) is 0.669. The summed E-state index contributed by atoms with van der Waals surface area (Å²) in [6.45, 7) is 7.79. The number of aliphatic hydroxyl groups is 2. The molecule has 0 rings (SSSR count). The van der Waals surface area contributed by atoms with Gasteiger partial charge in [-0.2, -0.15) is 0 Å². The summed E-state index contributed by atoms with van der Waals surface area (Å²) < 4.78 is 0. The van der Waals surface area contributed by atoms with E-state index in [4.69, 9.17) is 5.11 Å². The molecule has 0 fully saturated rings. The third kappa shape index (κ3) is 6.02. The first-order chi connectivity index (χ1) is 5.88. The highest BCUT2D eigenvalue weighted by atomic mass is 16.3. The van der Waals surface area contributed by atoms with Gasteiger partial charge in [0.25, 0.3) is 0 Å². The Morgan fingerprint density at radius 3 is 2.15 bits per heavy atom. The van der Waals surface area contributed by atoms with Crippen molar-refractivity contribution in [3.05, 3.63) is 0 Å². The van der Waals surface area contributed by atoms with Crippen molar-refractivity contribution >= 4 is 0 Å². The van der Waals surface area contributed by atoms with E-state index >= 15 is 0 Å². The van der Waals surface area contributed by atoms with Gasteiger partial charge in [0.15, 0.2) is 0 Å². The van der Waals surface area contributed by atoms with Gasteiger partial charge in [0, 0.05) is 13.1 Å². The van der Waals surface area contributed by atoms with E-state index in [0.29, 0.717) is 6.54 Å². The fourth-order valence-electron chi connectivity index (χ4n) is 1.06. The van der Waals surface area contributed by atoms with Crippen LogP contribution in [-0.2, 0) is 0 Å². The highest BCUT2D eigenvalue weighted by molar-refractivity contribution is 4.73. The van der Waals surface area contributed by atoms with Crippen molar-refractivity contribution in [3.63, 3.8) is 0 Å². The van der Waals surface area contributed by atoms with Crippen molar-refractivity contribution in [1.82, 2.24) is 4.90 Å². The van der Waals surface area contributed by atoms with Crippen LogP contribution in [0, 0.1) is 5.41 Å². The van der Waals surface area contributed by atoms with Crippen molar-refractivity contribution in [2.24, 2.45) is 5.41 Å². The van der Waals surface area contributed by atoms with Gasteiger partial charge in [0.2, 0.25) is 0 Å². The van der Waals surface area contributed by atoms with Crippen LogP contribution < -0.4 is 0 Å². The van der Waals surface area contributed by atoms with Crippen LogP contribution in [0.4, 0.5) is 0 Å². The minimum Gasteiger partial charge on any atom is -0.395 e. The van der Waals surface area contributed by atoms with Gasteiger partial charge in [-0.3, -0.25) is 0 Å². The lowest BCUT2D eigenvalue weighted by Gasteiger charge is -2.27. The van der Waals surface area contributed by atoms with Crippen molar-refractivity contribution in [2.75, 3.05) is 26.7 Å². The minimum atomic E-state index is -0.270. The van der Waals surface area contributed by atoms with E-state index in [0.717, 1.165) is 13.0 Å². The second-order valence-electron chi connectivity index (χ2n) is 4.70. The van der Waals surface area contributed by atoms with Gasteiger partial charge in [-0.15, -0.1) is 0 Å². The van der Waals surface area contributed by atoms with Crippen LogP contribution in [0.1, 0.15) is 27.2 Å². The monoisotopic (exact) mass is 189 g/mol. The number of hydrogen-bond donors (Lipinski definition) is 2. The van der Waals surface area contributed by atoms with Crippen molar-refractivity contribution < 1.29 is 10.2 Å². The van der Waals surface area contributed by atoms with Gasteiger partial charge in [-0.25, -0.2) is 0 Å². The van der Waals surface area contributed by atoms with Gasteiger partial charge < -0.3 is 15.1 Å². The lowest BCUT2D eigenvalue weighted by Crippen LogP contribution is -2.32. The Bertz CT molecular complexity index is 131. The molecule has 3 heteroatoms. The van der Waals surface area contributed by atoms with Crippen molar-refractivity contribution in [2.45, 2.75) is 33.3 Å². The van der Waals surface area contributed by atoms with Crippen molar-refractivity contribution in [1.29, 1.82) is 0 Å². The molecule has 0 aliphatic carbocycles. The Morgan fingerprint density at radius 2 is 1.77 bits per heavy atom. The molecule has 0 spiro atoms. The smallest absolute Gasteiger partial charge is 0.0600 e. The first kappa shape index (κ1) is 12.9. The molecule has 80 valence electrons. The zero-order valence-corrected chi connectivity index (χ0v) is 9.25. The molecule has 3 nitrogen and oxygen atoms in total. The number of rotatable bonds is 5. The van der Waals surface area contributed by atoms with E-state index in [1.807, 2.05) is 32.7 Å². The van der Waals surface area contributed by atoms with Crippen LogP contribution in [0.5, 0.6) is 0 Å².